The summed E-state index contributed by atoms with van der Waals surface area (Å²) in [4.78, 5) is 11.1. The molecule has 1 fully saturated rings. The number of rotatable bonds is 6. The lowest BCUT2D eigenvalue weighted by atomic mass is 10.0. The van der Waals surface area contributed by atoms with E-state index in [2.05, 4.69) is 5.43 Å². The Morgan fingerprint density at radius 3 is 2.68 bits per heavy atom. The molecule has 1 N–H and O–H groups in total. The number of hydrogen-bond donors (Lipinski definition) is 1. The van der Waals surface area contributed by atoms with Gasteiger partial charge in [-0.1, -0.05) is 18.2 Å². The first-order valence-corrected chi connectivity index (χ1v) is 7.16. The van der Waals surface area contributed by atoms with Gasteiger partial charge in [0, 0.05) is 13.0 Å². The summed E-state index contributed by atoms with van der Waals surface area (Å²) in [6.07, 6.45) is -3.46. The summed E-state index contributed by atoms with van der Waals surface area (Å²) >= 11 is 0. The third-order valence-electron chi connectivity index (χ3n) is 3.72. The molecule has 1 atom stereocenters. The molecule has 22 heavy (non-hydrogen) atoms. The fourth-order valence-electron chi connectivity index (χ4n) is 2.62. The Hall–Kier alpha value is -1.76. The fraction of sp³-hybridized carbons (Fsp3) is 0.533. The number of hydrazine groups is 1. The molecule has 0 bridgehead atoms. The van der Waals surface area contributed by atoms with E-state index in [9.17, 15) is 18.0 Å². The van der Waals surface area contributed by atoms with Gasteiger partial charge in [-0.2, -0.15) is 13.2 Å². The topological polar surface area (TPSA) is 41.6 Å². The normalized spacial score (nSPS) is 17.4. The average Bonchev–Trinajstić information content (AvgIpc) is 2.88. The van der Waals surface area contributed by atoms with E-state index >= 15 is 0 Å². The first kappa shape index (κ1) is 16.6. The van der Waals surface area contributed by atoms with Gasteiger partial charge in [-0.15, -0.1) is 0 Å². The van der Waals surface area contributed by atoms with Crippen molar-refractivity contribution in [3.05, 3.63) is 29.8 Å². The van der Waals surface area contributed by atoms with Crippen molar-refractivity contribution in [2.75, 3.05) is 13.7 Å². The maximum absolute atomic E-state index is 13.2. The standard InChI is InChI=1S/C15H19F3N2O2/c1-22-12-7-3-2-5-11(12)6-4-8-13(15(16,17)18)20-10-9-14(21)19-20/h2-3,5,7,13H,4,6,8-10H2,1H3,(H,19,21)/t13-/m0/s1. The number of nitrogens with one attached hydrogen (secondary N) is 1. The van der Waals surface area contributed by atoms with Gasteiger partial charge in [0.1, 0.15) is 11.8 Å². The van der Waals surface area contributed by atoms with Crippen molar-refractivity contribution in [1.29, 1.82) is 0 Å². The monoisotopic (exact) mass is 316 g/mol. The second-order valence-corrected chi connectivity index (χ2v) is 5.24. The number of alkyl halides is 3. The van der Waals surface area contributed by atoms with Crippen LogP contribution in [0.5, 0.6) is 5.75 Å². The lowest BCUT2D eigenvalue weighted by Gasteiger charge is -2.28. The van der Waals surface area contributed by atoms with E-state index in [-0.39, 0.29) is 25.3 Å². The molecule has 1 saturated heterocycles. The minimum atomic E-state index is -4.36. The molecule has 122 valence electrons. The van der Waals surface area contributed by atoms with E-state index in [4.69, 9.17) is 4.74 Å². The highest BCUT2D eigenvalue weighted by molar-refractivity contribution is 5.77. The third-order valence-corrected chi connectivity index (χ3v) is 3.72. The van der Waals surface area contributed by atoms with Crippen molar-refractivity contribution in [2.45, 2.75) is 37.9 Å². The number of para-hydroxylation sites is 1. The summed E-state index contributed by atoms with van der Waals surface area (Å²) < 4.78 is 44.7. The summed E-state index contributed by atoms with van der Waals surface area (Å²) in [5, 5.41) is 1.00. The number of benzene rings is 1. The zero-order valence-corrected chi connectivity index (χ0v) is 12.3. The maximum atomic E-state index is 13.2. The van der Waals surface area contributed by atoms with Gasteiger partial charge in [0.25, 0.3) is 0 Å². The van der Waals surface area contributed by atoms with Crippen LogP contribution in [0.3, 0.4) is 0 Å². The number of carbonyl (C=O) groups is 1. The molecule has 1 aliphatic rings. The molecule has 0 spiro atoms. The number of halogens is 3. The molecule has 2 rings (SSSR count). The number of aryl methyl sites for hydroxylation is 1. The molecule has 7 heteroatoms. The molecular weight excluding hydrogens is 297 g/mol. The van der Waals surface area contributed by atoms with Crippen molar-refractivity contribution < 1.29 is 22.7 Å². The molecule has 4 nitrogen and oxygen atoms in total. The Bertz CT molecular complexity index is 520. The number of hydrogen-bond acceptors (Lipinski definition) is 3. The van der Waals surface area contributed by atoms with E-state index in [0.717, 1.165) is 10.6 Å². The maximum Gasteiger partial charge on any atom is 0.405 e. The predicted octanol–water partition coefficient (Wildman–Crippen LogP) is 2.69. The Balaban J connectivity index is 1.95. The molecule has 1 aliphatic heterocycles. The highest BCUT2D eigenvalue weighted by atomic mass is 19.4. The minimum absolute atomic E-state index is 0.0676. The van der Waals surface area contributed by atoms with Crippen LogP contribution >= 0.6 is 0 Å². The van der Waals surface area contributed by atoms with Crippen molar-refractivity contribution in [3.63, 3.8) is 0 Å². The van der Waals surface area contributed by atoms with Gasteiger partial charge in [-0.25, -0.2) is 5.01 Å². The number of methoxy groups -OCH3 is 1. The van der Waals surface area contributed by atoms with Crippen molar-refractivity contribution in [1.82, 2.24) is 10.4 Å². The van der Waals surface area contributed by atoms with Crippen LogP contribution < -0.4 is 10.2 Å². The SMILES string of the molecule is COc1ccccc1CCC[C@H](N1CCC(=O)N1)C(F)(F)F. The summed E-state index contributed by atoms with van der Waals surface area (Å²) in [5.41, 5.74) is 3.17. The second-order valence-electron chi connectivity index (χ2n) is 5.24. The van der Waals surface area contributed by atoms with Gasteiger partial charge in [0.05, 0.1) is 7.11 Å². The van der Waals surface area contributed by atoms with Crippen LogP contribution in [0.15, 0.2) is 24.3 Å². The first-order valence-electron chi connectivity index (χ1n) is 7.16. The second kappa shape index (κ2) is 7.00. The number of nitrogens with zero attached hydrogens (tertiary/aromatic N) is 1. The van der Waals surface area contributed by atoms with Gasteiger partial charge in [0.2, 0.25) is 5.91 Å². The van der Waals surface area contributed by atoms with Crippen molar-refractivity contribution in [2.24, 2.45) is 0 Å². The highest BCUT2D eigenvalue weighted by Gasteiger charge is 2.45. The molecule has 0 radical (unpaired) electrons. The number of ether oxygens (including phenoxy) is 1. The summed E-state index contributed by atoms with van der Waals surface area (Å²) in [7, 11) is 1.54. The number of carbonyl (C=O) groups excluding carboxylic acids is 1. The Kier molecular flexibility index (Phi) is 5.28. The number of amides is 1. The van der Waals surface area contributed by atoms with E-state index < -0.39 is 12.2 Å². The van der Waals surface area contributed by atoms with E-state index in [1.54, 1.807) is 6.07 Å². The molecule has 1 amide bonds. The van der Waals surface area contributed by atoms with Crippen LogP contribution in [0.1, 0.15) is 24.8 Å². The Morgan fingerprint density at radius 1 is 1.36 bits per heavy atom. The fourth-order valence-corrected chi connectivity index (χ4v) is 2.62. The summed E-state index contributed by atoms with van der Waals surface area (Å²) in [5.74, 6) is 0.319. The Morgan fingerprint density at radius 2 is 2.09 bits per heavy atom. The van der Waals surface area contributed by atoms with E-state index in [1.807, 2.05) is 18.2 Å². The molecule has 0 aliphatic carbocycles. The summed E-state index contributed by atoms with van der Waals surface area (Å²) in [6.45, 7) is 0.0949. The first-order chi connectivity index (χ1) is 10.4. The van der Waals surface area contributed by atoms with Crippen LogP contribution in [-0.2, 0) is 11.2 Å². The summed E-state index contributed by atoms with van der Waals surface area (Å²) in [6, 6.07) is 5.64. The molecule has 1 heterocycles. The average molecular weight is 316 g/mol. The Labute approximate surface area is 127 Å². The predicted molar refractivity (Wildman–Crippen MR) is 75.2 cm³/mol. The van der Waals surface area contributed by atoms with E-state index in [1.165, 1.54) is 7.11 Å². The quantitative estimate of drug-likeness (QED) is 0.877. The van der Waals surface area contributed by atoms with Crippen molar-refractivity contribution >= 4 is 5.91 Å². The molecule has 0 unspecified atom stereocenters. The van der Waals surface area contributed by atoms with Gasteiger partial charge in [-0.3, -0.25) is 10.2 Å². The van der Waals surface area contributed by atoms with Crippen LogP contribution in [0.25, 0.3) is 0 Å². The highest BCUT2D eigenvalue weighted by Crippen LogP contribution is 2.30. The molecule has 0 aromatic heterocycles. The largest absolute Gasteiger partial charge is 0.496 e. The van der Waals surface area contributed by atoms with Gasteiger partial charge in [0.15, 0.2) is 0 Å². The molecule has 1 aromatic rings. The lowest BCUT2D eigenvalue weighted by Crippen LogP contribution is -2.49. The van der Waals surface area contributed by atoms with Crippen LogP contribution in [0.4, 0.5) is 13.2 Å². The smallest absolute Gasteiger partial charge is 0.405 e. The minimum Gasteiger partial charge on any atom is -0.496 e. The molecule has 1 aromatic carbocycles. The van der Waals surface area contributed by atoms with Gasteiger partial charge in [-0.05, 0) is 30.9 Å². The zero-order chi connectivity index (χ0) is 16.2. The zero-order valence-electron chi connectivity index (χ0n) is 12.3. The van der Waals surface area contributed by atoms with Crippen molar-refractivity contribution in [3.8, 4) is 5.75 Å². The van der Waals surface area contributed by atoms with Crippen LogP contribution in [0, 0.1) is 0 Å². The molecule has 0 saturated carbocycles. The lowest BCUT2D eigenvalue weighted by molar-refractivity contribution is -0.190. The van der Waals surface area contributed by atoms with E-state index in [0.29, 0.717) is 18.6 Å². The third kappa shape index (κ3) is 4.13. The molecular formula is C15H19F3N2O2. The van der Waals surface area contributed by atoms with Gasteiger partial charge < -0.3 is 4.74 Å². The van der Waals surface area contributed by atoms with Crippen LogP contribution in [-0.4, -0.2) is 36.8 Å². The van der Waals surface area contributed by atoms with Gasteiger partial charge >= 0.3 is 6.18 Å². The van der Waals surface area contributed by atoms with Crippen LogP contribution in [0.2, 0.25) is 0 Å².